The van der Waals surface area contributed by atoms with Crippen LogP contribution in [0.4, 0.5) is 13.2 Å². The highest BCUT2D eigenvalue weighted by atomic mass is 79.9. The summed E-state index contributed by atoms with van der Waals surface area (Å²) >= 11 is 2.93. The number of alkyl halides is 3. The summed E-state index contributed by atoms with van der Waals surface area (Å²) in [6.07, 6.45) is -4.67. The van der Waals surface area contributed by atoms with Gasteiger partial charge in [0, 0.05) is 7.11 Å². The van der Waals surface area contributed by atoms with Crippen molar-refractivity contribution in [2.24, 2.45) is 0 Å². The number of hydrogen-bond acceptors (Lipinski definition) is 4. The van der Waals surface area contributed by atoms with E-state index in [-0.39, 0.29) is 16.8 Å². The van der Waals surface area contributed by atoms with Crippen LogP contribution in [-0.2, 0) is 15.7 Å². The summed E-state index contributed by atoms with van der Waals surface area (Å²) in [4.78, 5) is 11.3. The van der Waals surface area contributed by atoms with E-state index in [1.807, 2.05) is 0 Å². The van der Waals surface area contributed by atoms with Gasteiger partial charge in [-0.05, 0) is 28.1 Å². The number of carbonyl (C=O) groups is 1. The van der Waals surface area contributed by atoms with Gasteiger partial charge in [-0.2, -0.15) is 13.2 Å². The van der Waals surface area contributed by atoms with Crippen molar-refractivity contribution in [2.75, 3.05) is 21.0 Å². The molecule has 0 radical (unpaired) electrons. The van der Waals surface area contributed by atoms with Crippen LogP contribution in [0.3, 0.4) is 0 Å². The predicted molar refractivity (Wildman–Crippen MR) is 63.0 cm³/mol. The van der Waals surface area contributed by atoms with Crippen molar-refractivity contribution in [3.8, 4) is 5.75 Å². The first kappa shape index (κ1) is 15.8. The molecule has 4 nitrogen and oxygen atoms in total. The standard InChI is InChI=1S/C11H10BrF3O4/c1-17-5-19-9-7(11(13,14)15)3-6(4-8(9)12)10(16)18-2/h3-4H,5H2,1-2H3. The fourth-order valence-electron chi connectivity index (χ4n) is 1.30. The Morgan fingerprint density at radius 2 is 1.95 bits per heavy atom. The summed E-state index contributed by atoms with van der Waals surface area (Å²) in [5.41, 5.74) is -1.31. The maximum Gasteiger partial charge on any atom is 0.420 e. The fraction of sp³-hybridized carbons (Fsp3) is 0.364. The van der Waals surface area contributed by atoms with E-state index >= 15 is 0 Å². The normalized spacial score (nSPS) is 11.3. The van der Waals surface area contributed by atoms with Gasteiger partial charge in [-0.1, -0.05) is 0 Å². The van der Waals surface area contributed by atoms with Crippen molar-refractivity contribution >= 4 is 21.9 Å². The van der Waals surface area contributed by atoms with Gasteiger partial charge in [-0.15, -0.1) is 0 Å². The molecule has 0 heterocycles. The highest BCUT2D eigenvalue weighted by Crippen LogP contribution is 2.41. The SMILES string of the molecule is COCOc1c(Br)cc(C(=O)OC)cc1C(F)(F)F. The molecule has 0 unspecified atom stereocenters. The van der Waals surface area contributed by atoms with Gasteiger partial charge in [0.2, 0.25) is 0 Å². The van der Waals surface area contributed by atoms with Crippen LogP contribution in [0.5, 0.6) is 5.75 Å². The van der Waals surface area contributed by atoms with E-state index in [4.69, 9.17) is 4.74 Å². The first-order valence-corrected chi connectivity index (χ1v) is 5.71. The fourth-order valence-corrected chi connectivity index (χ4v) is 1.88. The molecule has 0 aliphatic rings. The minimum atomic E-state index is -4.67. The smallest absolute Gasteiger partial charge is 0.420 e. The first-order valence-electron chi connectivity index (χ1n) is 4.92. The molecule has 0 atom stereocenters. The van der Waals surface area contributed by atoms with Crippen molar-refractivity contribution in [2.45, 2.75) is 6.18 Å². The summed E-state index contributed by atoms with van der Waals surface area (Å²) in [6.45, 7) is -0.348. The quantitative estimate of drug-likeness (QED) is 0.622. The van der Waals surface area contributed by atoms with Crippen LogP contribution < -0.4 is 4.74 Å². The second-order valence-corrected chi connectivity index (χ2v) is 4.23. The molecule has 8 heteroatoms. The van der Waals surface area contributed by atoms with Crippen LogP contribution in [0, 0.1) is 0 Å². The molecule has 19 heavy (non-hydrogen) atoms. The van der Waals surface area contributed by atoms with Crippen LogP contribution in [-0.4, -0.2) is 27.0 Å². The van der Waals surface area contributed by atoms with E-state index in [1.165, 1.54) is 13.2 Å². The molecule has 1 aromatic rings. The molecular formula is C11H10BrF3O4. The molecule has 0 aliphatic heterocycles. The van der Waals surface area contributed by atoms with Gasteiger partial charge in [-0.3, -0.25) is 0 Å². The highest BCUT2D eigenvalue weighted by molar-refractivity contribution is 9.10. The Hall–Kier alpha value is -1.28. The zero-order valence-corrected chi connectivity index (χ0v) is 11.6. The third-order valence-corrected chi connectivity index (χ3v) is 2.68. The molecule has 0 N–H and O–H groups in total. The number of rotatable bonds is 4. The van der Waals surface area contributed by atoms with Crippen molar-refractivity contribution in [1.29, 1.82) is 0 Å². The number of halogens is 4. The monoisotopic (exact) mass is 342 g/mol. The highest BCUT2D eigenvalue weighted by Gasteiger charge is 2.36. The van der Waals surface area contributed by atoms with Crippen LogP contribution in [0.15, 0.2) is 16.6 Å². The van der Waals surface area contributed by atoms with Crippen molar-refractivity contribution < 1.29 is 32.2 Å². The largest absolute Gasteiger partial charge is 0.466 e. The molecule has 0 fully saturated rings. The lowest BCUT2D eigenvalue weighted by Crippen LogP contribution is -2.13. The van der Waals surface area contributed by atoms with Crippen LogP contribution in [0.2, 0.25) is 0 Å². The van der Waals surface area contributed by atoms with Gasteiger partial charge in [0.25, 0.3) is 0 Å². The van der Waals surface area contributed by atoms with E-state index in [2.05, 4.69) is 25.4 Å². The van der Waals surface area contributed by atoms with Gasteiger partial charge in [0.05, 0.1) is 22.7 Å². The molecule has 0 saturated carbocycles. The molecule has 0 aromatic heterocycles. The number of methoxy groups -OCH3 is 2. The lowest BCUT2D eigenvalue weighted by atomic mass is 10.1. The zero-order valence-electron chi connectivity index (χ0n) is 10.0. The molecule has 0 saturated heterocycles. The number of hydrogen-bond donors (Lipinski definition) is 0. The number of benzene rings is 1. The molecule has 1 rings (SSSR count). The average molecular weight is 343 g/mol. The Bertz CT molecular complexity index is 474. The zero-order chi connectivity index (χ0) is 14.6. The lowest BCUT2D eigenvalue weighted by molar-refractivity contribution is -0.139. The van der Waals surface area contributed by atoms with E-state index in [1.54, 1.807) is 0 Å². The van der Waals surface area contributed by atoms with Crippen molar-refractivity contribution in [3.63, 3.8) is 0 Å². The number of ether oxygens (including phenoxy) is 3. The third kappa shape index (κ3) is 3.84. The summed E-state index contributed by atoms with van der Waals surface area (Å²) in [7, 11) is 2.36. The number of carbonyl (C=O) groups excluding carboxylic acids is 1. The first-order chi connectivity index (χ1) is 8.81. The third-order valence-electron chi connectivity index (χ3n) is 2.09. The Morgan fingerprint density at radius 1 is 1.32 bits per heavy atom. The van der Waals surface area contributed by atoms with E-state index in [0.29, 0.717) is 6.07 Å². The topological polar surface area (TPSA) is 44.8 Å². The summed E-state index contributed by atoms with van der Waals surface area (Å²) in [6, 6.07) is 1.85. The maximum atomic E-state index is 12.9. The van der Waals surface area contributed by atoms with Gasteiger partial charge in [0.1, 0.15) is 5.75 Å². The maximum absolute atomic E-state index is 12.9. The van der Waals surface area contributed by atoms with Gasteiger partial charge < -0.3 is 14.2 Å². The number of esters is 1. The Morgan fingerprint density at radius 3 is 2.42 bits per heavy atom. The van der Waals surface area contributed by atoms with Crippen LogP contribution >= 0.6 is 15.9 Å². The minimum absolute atomic E-state index is 0.0141. The molecule has 1 aromatic carbocycles. The predicted octanol–water partition coefficient (Wildman–Crippen LogP) is 3.24. The van der Waals surface area contributed by atoms with Crippen LogP contribution in [0.25, 0.3) is 0 Å². The van der Waals surface area contributed by atoms with Gasteiger partial charge in [0.15, 0.2) is 6.79 Å². The van der Waals surface area contributed by atoms with Crippen molar-refractivity contribution in [1.82, 2.24) is 0 Å². The second kappa shape index (κ2) is 6.25. The molecule has 106 valence electrons. The Labute approximate surface area is 115 Å². The average Bonchev–Trinajstić information content (AvgIpc) is 2.34. The minimum Gasteiger partial charge on any atom is -0.466 e. The van der Waals surface area contributed by atoms with E-state index in [9.17, 15) is 18.0 Å². The summed E-state index contributed by atoms with van der Waals surface area (Å²) in [5.74, 6) is -1.31. The van der Waals surface area contributed by atoms with E-state index < -0.39 is 23.5 Å². The second-order valence-electron chi connectivity index (χ2n) is 3.37. The molecule has 0 amide bonds. The molecule has 0 aliphatic carbocycles. The molecule has 0 bridgehead atoms. The Kier molecular flexibility index (Phi) is 5.19. The molecular weight excluding hydrogens is 333 g/mol. The summed E-state index contributed by atoms with van der Waals surface area (Å²) in [5, 5.41) is 0. The van der Waals surface area contributed by atoms with Gasteiger partial charge in [-0.25, -0.2) is 4.79 Å². The van der Waals surface area contributed by atoms with Crippen molar-refractivity contribution in [3.05, 3.63) is 27.7 Å². The Balaban J connectivity index is 3.34. The van der Waals surface area contributed by atoms with Crippen LogP contribution in [0.1, 0.15) is 15.9 Å². The van der Waals surface area contributed by atoms with E-state index in [0.717, 1.165) is 7.11 Å². The lowest BCUT2D eigenvalue weighted by Gasteiger charge is -2.16. The molecule has 0 spiro atoms. The summed E-state index contributed by atoms with van der Waals surface area (Å²) < 4.78 is 52.5. The van der Waals surface area contributed by atoms with Gasteiger partial charge >= 0.3 is 12.1 Å².